The van der Waals surface area contributed by atoms with E-state index in [1.54, 1.807) is 36.9 Å². The monoisotopic (exact) mass is 700 g/mol. The third-order valence-electron chi connectivity index (χ3n) is 7.94. The zero-order valence-corrected chi connectivity index (χ0v) is 28.5. The van der Waals surface area contributed by atoms with Crippen LogP contribution in [0.2, 0.25) is 0 Å². The van der Waals surface area contributed by atoms with Crippen LogP contribution in [0.5, 0.6) is 0 Å². The number of nitrogens with one attached hydrogen (secondary N) is 4. The molecule has 2 aromatic heterocycles. The molecule has 0 atom stereocenters. The molecule has 266 valence electrons. The molecule has 0 bridgehead atoms. The quantitative estimate of drug-likeness (QED) is 0.0713. The number of rotatable bonds is 18. The minimum atomic E-state index is -1.15. The standard InChI is InChI=1S/C38H40N10O4/c49-35(51-47(27-23-45-37-41-17-7-18-42-37)25-21-39-33-15-5-11-29-9-1-3-13-31(29)33)36(50)52-48(28-24-46-38-43-19-8-20-44-38)26-22-40-34-16-6-12-30-10-2-4-14-32(30)34/h1-20,39-40H,21-28H2,(H,41,42,45)(H,43,44,46). The lowest BCUT2D eigenvalue weighted by atomic mass is 10.1. The molecule has 14 heteroatoms. The predicted molar refractivity (Wildman–Crippen MR) is 201 cm³/mol. The Hall–Kier alpha value is -6.38. The Labute approximate surface area is 301 Å². The Kier molecular flexibility index (Phi) is 12.7. The van der Waals surface area contributed by atoms with Crippen LogP contribution in [0.3, 0.4) is 0 Å². The number of hydrogen-bond donors (Lipinski definition) is 4. The van der Waals surface area contributed by atoms with E-state index in [-0.39, 0.29) is 26.2 Å². The van der Waals surface area contributed by atoms with Gasteiger partial charge in [0.15, 0.2) is 0 Å². The van der Waals surface area contributed by atoms with Crippen molar-refractivity contribution in [1.82, 2.24) is 30.1 Å². The molecule has 0 aliphatic heterocycles. The van der Waals surface area contributed by atoms with Crippen LogP contribution in [0.1, 0.15) is 0 Å². The first-order valence-corrected chi connectivity index (χ1v) is 17.0. The van der Waals surface area contributed by atoms with E-state index >= 15 is 0 Å². The Morgan fingerprint density at radius 1 is 0.462 bits per heavy atom. The summed E-state index contributed by atoms with van der Waals surface area (Å²) in [6.45, 7) is 2.59. The van der Waals surface area contributed by atoms with Crippen LogP contribution in [-0.2, 0) is 19.3 Å². The molecule has 0 amide bonds. The smallest absolute Gasteiger partial charge is 0.383 e. The highest BCUT2D eigenvalue weighted by molar-refractivity contribution is 6.29. The summed E-state index contributed by atoms with van der Waals surface area (Å²) < 4.78 is 0. The van der Waals surface area contributed by atoms with E-state index < -0.39 is 11.9 Å². The Morgan fingerprint density at radius 3 is 1.25 bits per heavy atom. The molecule has 4 N–H and O–H groups in total. The summed E-state index contributed by atoms with van der Waals surface area (Å²) in [7, 11) is 0. The van der Waals surface area contributed by atoms with E-state index in [2.05, 4.69) is 41.2 Å². The van der Waals surface area contributed by atoms with Crippen molar-refractivity contribution in [3.63, 3.8) is 0 Å². The van der Waals surface area contributed by atoms with Gasteiger partial charge in [-0.05, 0) is 35.0 Å². The van der Waals surface area contributed by atoms with Gasteiger partial charge in [-0.1, -0.05) is 72.8 Å². The van der Waals surface area contributed by atoms with Crippen molar-refractivity contribution in [2.24, 2.45) is 0 Å². The highest BCUT2D eigenvalue weighted by Crippen LogP contribution is 2.23. The molecular formula is C38H40N10O4. The summed E-state index contributed by atoms with van der Waals surface area (Å²) in [5, 5.41) is 20.2. The third-order valence-corrected chi connectivity index (χ3v) is 7.94. The summed E-state index contributed by atoms with van der Waals surface area (Å²) in [6.07, 6.45) is 6.51. The second kappa shape index (κ2) is 18.6. The van der Waals surface area contributed by atoms with Crippen molar-refractivity contribution < 1.29 is 19.3 Å². The van der Waals surface area contributed by atoms with Gasteiger partial charge in [-0.25, -0.2) is 29.5 Å². The Morgan fingerprint density at radius 2 is 0.827 bits per heavy atom. The number of anilines is 4. The molecule has 52 heavy (non-hydrogen) atoms. The molecule has 0 saturated carbocycles. The summed E-state index contributed by atoms with van der Waals surface area (Å²) in [4.78, 5) is 54.2. The maximum atomic E-state index is 13.2. The fourth-order valence-electron chi connectivity index (χ4n) is 5.47. The van der Waals surface area contributed by atoms with Crippen LogP contribution in [0.15, 0.2) is 122 Å². The molecule has 0 saturated heterocycles. The molecule has 0 fully saturated rings. The van der Waals surface area contributed by atoms with Gasteiger partial charge in [0, 0.05) is 73.1 Å². The third kappa shape index (κ3) is 10.3. The fourth-order valence-corrected chi connectivity index (χ4v) is 5.47. The van der Waals surface area contributed by atoms with Gasteiger partial charge in [0.25, 0.3) is 0 Å². The van der Waals surface area contributed by atoms with Crippen LogP contribution in [-0.4, -0.2) is 94.4 Å². The first kappa shape index (κ1) is 35.4. The van der Waals surface area contributed by atoms with E-state index in [0.29, 0.717) is 38.1 Å². The Bertz CT molecular complexity index is 1880. The van der Waals surface area contributed by atoms with Gasteiger partial charge < -0.3 is 30.9 Å². The molecule has 6 rings (SSSR count). The van der Waals surface area contributed by atoms with Crippen molar-refractivity contribution in [2.75, 3.05) is 73.6 Å². The number of nitrogens with zero attached hydrogens (tertiary/aromatic N) is 6. The molecular weight excluding hydrogens is 660 g/mol. The lowest BCUT2D eigenvalue weighted by Crippen LogP contribution is -2.41. The number of carbonyl (C=O) groups excluding carboxylic acids is 2. The molecule has 6 aromatic rings. The van der Waals surface area contributed by atoms with Crippen LogP contribution in [0.25, 0.3) is 21.5 Å². The van der Waals surface area contributed by atoms with Crippen LogP contribution in [0.4, 0.5) is 23.3 Å². The zero-order chi connectivity index (χ0) is 35.8. The van der Waals surface area contributed by atoms with Crippen molar-refractivity contribution in [3.8, 4) is 0 Å². The van der Waals surface area contributed by atoms with Crippen LogP contribution >= 0.6 is 0 Å². The summed E-state index contributed by atoms with van der Waals surface area (Å²) in [5.41, 5.74) is 1.89. The summed E-state index contributed by atoms with van der Waals surface area (Å²) >= 11 is 0. The number of fused-ring (bicyclic) bond motifs is 2. The Balaban J connectivity index is 1.07. The molecule has 2 heterocycles. The van der Waals surface area contributed by atoms with E-state index in [1.165, 1.54) is 10.1 Å². The maximum Gasteiger partial charge on any atom is 0.438 e. The molecule has 0 unspecified atom stereocenters. The van der Waals surface area contributed by atoms with Gasteiger partial charge in [-0.3, -0.25) is 0 Å². The van der Waals surface area contributed by atoms with E-state index in [1.807, 2.05) is 84.9 Å². The van der Waals surface area contributed by atoms with Gasteiger partial charge in [-0.15, -0.1) is 10.1 Å². The first-order chi connectivity index (χ1) is 25.6. The minimum absolute atomic E-state index is 0.244. The van der Waals surface area contributed by atoms with Gasteiger partial charge in [0.2, 0.25) is 11.9 Å². The molecule has 0 aliphatic carbocycles. The van der Waals surface area contributed by atoms with Crippen molar-refractivity contribution in [3.05, 3.63) is 122 Å². The number of aromatic nitrogens is 4. The minimum Gasteiger partial charge on any atom is -0.383 e. The van der Waals surface area contributed by atoms with Crippen molar-refractivity contribution >= 4 is 56.8 Å². The van der Waals surface area contributed by atoms with Crippen molar-refractivity contribution in [1.29, 1.82) is 0 Å². The highest BCUT2D eigenvalue weighted by Gasteiger charge is 2.25. The molecule has 0 spiro atoms. The van der Waals surface area contributed by atoms with Gasteiger partial charge in [0.05, 0.1) is 26.2 Å². The highest BCUT2D eigenvalue weighted by atomic mass is 16.8. The second-order valence-electron chi connectivity index (χ2n) is 11.5. The molecule has 14 nitrogen and oxygen atoms in total. The number of hydroxylamine groups is 4. The lowest BCUT2D eigenvalue weighted by Gasteiger charge is -2.24. The van der Waals surface area contributed by atoms with Crippen molar-refractivity contribution in [2.45, 2.75) is 0 Å². The summed E-state index contributed by atoms with van der Waals surface area (Å²) in [5.74, 6) is -1.42. The molecule has 0 radical (unpaired) electrons. The van der Waals surface area contributed by atoms with Crippen LogP contribution in [0, 0.1) is 0 Å². The average Bonchev–Trinajstić information content (AvgIpc) is 3.18. The van der Waals surface area contributed by atoms with E-state index in [4.69, 9.17) is 9.68 Å². The lowest BCUT2D eigenvalue weighted by molar-refractivity contribution is -0.216. The van der Waals surface area contributed by atoms with Gasteiger partial charge in [-0.2, -0.15) is 0 Å². The zero-order valence-electron chi connectivity index (χ0n) is 28.5. The number of benzene rings is 4. The van der Waals surface area contributed by atoms with Gasteiger partial charge in [0.1, 0.15) is 0 Å². The number of carbonyl (C=O) groups is 2. The van der Waals surface area contributed by atoms with Crippen LogP contribution < -0.4 is 21.3 Å². The normalized spacial score (nSPS) is 11.0. The van der Waals surface area contributed by atoms with Gasteiger partial charge >= 0.3 is 11.9 Å². The predicted octanol–water partition coefficient (Wildman–Crippen LogP) is 4.84. The fraction of sp³-hybridized carbons (Fsp3) is 0.211. The second-order valence-corrected chi connectivity index (χ2v) is 11.5. The topological polar surface area (TPSA) is 159 Å². The van der Waals surface area contributed by atoms with E-state index in [0.717, 1.165) is 32.9 Å². The number of hydrogen-bond acceptors (Lipinski definition) is 14. The largest absolute Gasteiger partial charge is 0.438 e. The first-order valence-electron chi connectivity index (χ1n) is 17.0. The molecule has 4 aromatic carbocycles. The van der Waals surface area contributed by atoms with E-state index in [9.17, 15) is 9.59 Å². The SMILES string of the molecule is O=C(ON(CCNc1ncccn1)CCNc1cccc2ccccc12)C(=O)ON(CCNc1ncccn1)CCNc1cccc2ccccc12. The molecule has 0 aliphatic rings. The maximum absolute atomic E-state index is 13.2. The summed E-state index contributed by atoms with van der Waals surface area (Å²) in [6, 6.07) is 31.6. The average molecular weight is 701 g/mol.